The van der Waals surface area contributed by atoms with Gasteiger partial charge in [0.2, 0.25) is 0 Å². The lowest BCUT2D eigenvalue weighted by molar-refractivity contribution is -0.151. The van der Waals surface area contributed by atoms with Crippen molar-refractivity contribution in [1.29, 1.82) is 0 Å². The van der Waals surface area contributed by atoms with Gasteiger partial charge in [0.15, 0.2) is 17.1 Å². The van der Waals surface area contributed by atoms with E-state index in [0.717, 1.165) is 11.8 Å². The number of rotatable bonds is 8. The molecule has 0 aliphatic heterocycles. The summed E-state index contributed by atoms with van der Waals surface area (Å²) in [6.07, 6.45) is 0.686. The molecule has 0 unspecified atom stereocenters. The number of thioether (sulfide) groups is 1. The lowest BCUT2D eigenvalue weighted by Crippen LogP contribution is -2.31. The number of carbonyl (C=O) groups excluding carboxylic acids is 2. The molecule has 7 nitrogen and oxygen atoms in total. The molecule has 1 amide bonds. The number of allylic oxidation sites excluding steroid dienone is 1. The number of hydrogen-bond donors (Lipinski definition) is 1. The minimum absolute atomic E-state index is 0.0543. The van der Waals surface area contributed by atoms with Gasteiger partial charge >= 0.3 is 5.97 Å². The number of nitrogens with zero attached hydrogens (tertiary/aromatic N) is 3. The fraction of sp³-hybridized carbons (Fsp3) is 0.250. The van der Waals surface area contributed by atoms with Crippen LogP contribution in [0.25, 0.3) is 11.4 Å². The topological polar surface area (TPSA) is 100 Å². The summed E-state index contributed by atoms with van der Waals surface area (Å²) >= 11 is 13.3. The van der Waals surface area contributed by atoms with Gasteiger partial charge < -0.3 is 10.5 Å². The Hall–Kier alpha value is -2.03. The minimum atomic E-state index is -0.988. The first kappa shape index (κ1) is 20.3. The van der Waals surface area contributed by atoms with Crippen LogP contribution >= 0.6 is 35.0 Å². The molecule has 0 aliphatic rings. The van der Waals surface area contributed by atoms with Gasteiger partial charge in [-0.15, -0.1) is 16.8 Å². The molecule has 0 aliphatic carbocycles. The summed E-state index contributed by atoms with van der Waals surface area (Å²) in [5, 5.41) is 9.67. The van der Waals surface area contributed by atoms with Gasteiger partial charge in [0.25, 0.3) is 5.91 Å². The van der Waals surface area contributed by atoms with Crippen LogP contribution in [-0.2, 0) is 20.9 Å². The minimum Gasteiger partial charge on any atom is -0.452 e. The van der Waals surface area contributed by atoms with Gasteiger partial charge in [0, 0.05) is 17.1 Å². The van der Waals surface area contributed by atoms with Gasteiger partial charge in [-0.2, -0.15) is 0 Å². The SMILES string of the molecule is C=CCn1c(SCC(=O)O[C@H](C)C(N)=O)nnc1-c1ccc(Cl)cc1Cl. The third-order valence-electron chi connectivity index (χ3n) is 3.23. The second kappa shape index (κ2) is 9.07. The number of amides is 1. The molecule has 2 aromatic rings. The van der Waals surface area contributed by atoms with Crippen LogP contribution in [0.1, 0.15) is 6.92 Å². The van der Waals surface area contributed by atoms with Gasteiger partial charge in [-0.05, 0) is 25.1 Å². The fourth-order valence-corrected chi connectivity index (χ4v) is 3.20. The van der Waals surface area contributed by atoms with E-state index in [1.54, 1.807) is 28.8 Å². The number of ether oxygens (including phenoxy) is 1. The van der Waals surface area contributed by atoms with Crippen LogP contribution < -0.4 is 5.73 Å². The summed E-state index contributed by atoms with van der Waals surface area (Å²) in [7, 11) is 0. The van der Waals surface area contributed by atoms with E-state index in [1.807, 2.05) is 0 Å². The van der Waals surface area contributed by atoms with Crippen molar-refractivity contribution < 1.29 is 14.3 Å². The van der Waals surface area contributed by atoms with Crippen molar-refractivity contribution in [3.63, 3.8) is 0 Å². The lowest BCUT2D eigenvalue weighted by Gasteiger charge is -2.10. The van der Waals surface area contributed by atoms with Crippen LogP contribution in [0.3, 0.4) is 0 Å². The first-order chi connectivity index (χ1) is 12.3. The van der Waals surface area contributed by atoms with Crippen molar-refractivity contribution >= 4 is 46.8 Å². The quantitative estimate of drug-likeness (QED) is 0.404. The Morgan fingerprint density at radius 3 is 2.77 bits per heavy atom. The normalized spacial score (nSPS) is 11.8. The summed E-state index contributed by atoms with van der Waals surface area (Å²) in [5.41, 5.74) is 5.72. The molecule has 0 bridgehead atoms. The van der Waals surface area contributed by atoms with Gasteiger partial charge in [0.05, 0.1) is 10.8 Å². The monoisotopic (exact) mass is 414 g/mol. The highest BCUT2D eigenvalue weighted by molar-refractivity contribution is 7.99. The Kier molecular flexibility index (Phi) is 7.07. The summed E-state index contributed by atoms with van der Waals surface area (Å²) in [4.78, 5) is 22.7. The van der Waals surface area contributed by atoms with Crippen LogP contribution in [0.2, 0.25) is 10.0 Å². The summed E-state index contributed by atoms with van der Waals surface area (Å²) in [6, 6.07) is 5.05. The molecule has 138 valence electrons. The van der Waals surface area contributed by atoms with E-state index in [9.17, 15) is 9.59 Å². The average molecular weight is 415 g/mol. The van der Waals surface area contributed by atoms with E-state index in [1.165, 1.54) is 6.92 Å². The standard InChI is InChI=1S/C16H16Cl2N4O3S/c1-3-6-22-15(11-5-4-10(17)7-12(11)18)20-21-16(22)26-8-13(23)25-9(2)14(19)24/h3-5,7,9H,1,6,8H2,2H3,(H2,19,24)/t9-/m1/s1. The average Bonchev–Trinajstić information content (AvgIpc) is 2.96. The van der Waals surface area contributed by atoms with E-state index >= 15 is 0 Å². The smallest absolute Gasteiger partial charge is 0.317 e. The molecule has 10 heteroatoms. The largest absolute Gasteiger partial charge is 0.452 e. The van der Waals surface area contributed by atoms with Crippen molar-refractivity contribution in [3.8, 4) is 11.4 Å². The molecule has 1 atom stereocenters. The molecule has 0 saturated carbocycles. The Balaban J connectivity index is 2.20. The number of benzene rings is 1. The predicted octanol–water partition coefficient (Wildman–Crippen LogP) is 2.95. The zero-order chi connectivity index (χ0) is 19.3. The van der Waals surface area contributed by atoms with Crippen LogP contribution in [-0.4, -0.2) is 38.5 Å². The number of nitrogens with two attached hydrogens (primary N) is 1. The van der Waals surface area contributed by atoms with Crippen LogP contribution in [0, 0.1) is 0 Å². The molecule has 0 fully saturated rings. The molecular weight excluding hydrogens is 399 g/mol. The number of halogens is 2. The first-order valence-corrected chi connectivity index (χ1v) is 9.18. The Labute approximate surface area is 164 Å². The highest BCUT2D eigenvalue weighted by Gasteiger charge is 2.19. The second-order valence-corrected chi connectivity index (χ2v) is 6.94. The Morgan fingerprint density at radius 2 is 2.15 bits per heavy atom. The zero-order valence-electron chi connectivity index (χ0n) is 13.8. The molecule has 2 rings (SSSR count). The number of aromatic nitrogens is 3. The van der Waals surface area contributed by atoms with E-state index < -0.39 is 18.0 Å². The van der Waals surface area contributed by atoms with Crippen molar-refractivity contribution in [2.45, 2.75) is 24.7 Å². The zero-order valence-corrected chi connectivity index (χ0v) is 16.1. The van der Waals surface area contributed by atoms with Crippen LogP contribution in [0.15, 0.2) is 36.0 Å². The summed E-state index contributed by atoms with van der Waals surface area (Å²) in [5.74, 6) is -0.826. The van der Waals surface area contributed by atoms with Crippen molar-refractivity contribution in [1.82, 2.24) is 14.8 Å². The maximum Gasteiger partial charge on any atom is 0.317 e. The van der Waals surface area contributed by atoms with E-state index in [-0.39, 0.29) is 5.75 Å². The molecule has 1 heterocycles. The third kappa shape index (κ3) is 5.00. The van der Waals surface area contributed by atoms with Gasteiger partial charge in [0.1, 0.15) is 0 Å². The number of carbonyl (C=O) groups is 2. The van der Waals surface area contributed by atoms with E-state index in [2.05, 4.69) is 16.8 Å². The van der Waals surface area contributed by atoms with Gasteiger partial charge in [-0.1, -0.05) is 41.0 Å². The second-order valence-electron chi connectivity index (χ2n) is 5.15. The van der Waals surface area contributed by atoms with Crippen molar-refractivity contribution in [2.75, 3.05) is 5.75 Å². The molecule has 1 aromatic carbocycles. The Bertz CT molecular complexity index is 841. The summed E-state index contributed by atoms with van der Waals surface area (Å²) < 4.78 is 6.67. The van der Waals surface area contributed by atoms with Crippen molar-refractivity contribution in [3.05, 3.63) is 40.9 Å². The van der Waals surface area contributed by atoms with E-state index in [4.69, 9.17) is 33.7 Å². The van der Waals surface area contributed by atoms with Gasteiger partial charge in [-0.3, -0.25) is 14.2 Å². The molecular formula is C16H16Cl2N4O3S. The number of esters is 1. The third-order valence-corrected chi connectivity index (χ3v) is 4.72. The number of hydrogen-bond acceptors (Lipinski definition) is 6. The van der Waals surface area contributed by atoms with Gasteiger partial charge in [-0.25, -0.2) is 0 Å². The first-order valence-electron chi connectivity index (χ1n) is 7.44. The van der Waals surface area contributed by atoms with Crippen molar-refractivity contribution in [2.24, 2.45) is 5.73 Å². The maximum absolute atomic E-state index is 11.8. The number of primary amides is 1. The fourth-order valence-electron chi connectivity index (χ4n) is 1.97. The Morgan fingerprint density at radius 1 is 1.42 bits per heavy atom. The molecule has 1 aromatic heterocycles. The highest BCUT2D eigenvalue weighted by atomic mass is 35.5. The van der Waals surface area contributed by atoms with Crippen LogP contribution in [0.5, 0.6) is 0 Å². The lowest BCUT2D eigenvalue weighted by atomic mass is 10.2. The highest BCUT2D eigenvalue weighted by Crippen LogP contribution is 2.31. The molecule has 26 heavy (non-hydrogen) atoms. The molecule has 0 saturated heterocycles. The molecule has 2 N–H and O–H groups in total. The maximum atomic E-state index is 11.8. The summed E-state index contributed by atoms with van der Waals surface area (Å²) in [6.45, 7) is 5.54. The molecule has 0 spiro atoms. The molecule has 0 radical (unpaired) electrons. The van der Waals surface area contributed by atoms with E-state index in [0.29, 0.717) is 33.1 Å². The van der Waals surface area contributed by atoms with Crippen LogP contribution in [0.4, 0.5) is 0 Å². The predicted molar refractivity (Wildman–Crippen MR) is 101 cm³/mol.